The van der Waals surface area contributed by atoms with E-state index in [1.165, 1.54) is 6.07 Å². The predicted molar refractivity (Wildman–Crippen MR) is 79.5 cm³/mol. The van der Waals surface area contributed by atoms with E-state index in [1.54, 1.807) is 12.1 Å². The van der Waals surface area contributed by atoms with Crippen LogP contribution in [-0.4, -0.2) is 0 Å². The van der Waals surface area contributed by atoms with E-state index in [1.807, 2.05) is 32.0 Å². The Morgan fingerprint density at radius 3 is 2.75 bits per heavy atom. The summed E-state index contributed by atoms with van der Waals surface area (Å²) >= 11 is 5.75. The zero-order valence-corrected chi connectivity index (χ0v) is 12.2. The van der Waals surface area contributed by atoms with Crippen molar-refractivity contribution in [2.75, 3.05) is 0 Å². The van der Waals surface area contributed by atoms with E-state index in [0.717, 1.165) is 11.1 Å². The minimum Gasteiger partial charge on any atom is -0.488 e. The first kappa shape index (κ1) is 14.8. The molecule has 1 atom stereocenters. The fourth-order valence-electron chi connectivity index (χ4n) is 1.97. The van der Waals surface area contributed by atoms with Gasteiger partial charge < -0.3 is 10.5 Å². The minimum atomic E-state index is -0.441. The molecule has 4 heteroatoms. The molecule has 0 spiro atoms. The number of hydrogen-bond donors (Lipinski definition) is 1. The van der Waals surface area contributed by atoms with Crippen molar-refractivity contribution in [1.82, 2.24) is 0 Å². The summed E-state index contributed by atoms with van der Waals surface area (Å²) in [7, 11) is 0. The van der Waals surface area contributed by atoms with Gasteiger partial charge in [-0.1, -0.05) is 41.4 Å². The quantitative estimate of drug-likeness (QED) is 0.907. The normalized spacial score (nSPS) is 12.2. The number of hydrogen-bond acceptors (Lipinski definition) is 2. The number of halogens is 2. The lowest BCUT2D eigenvalue weighted by Crippen LogP contribution is -2.09. The molecule has 2 nitrogen and oxygen atoms in total. The fourth-order valence-corrected chi connectivity index (χ4v) is 2.16. The molecule has 106 valence electrons. The lowest BCUT2D eigenvalue weighted by molar-refractivity contribution is 0.295. The van der Waals surface area contributed by atoms with E-state index in [-0.39, 0.29) is 17.7 Å². The molecule has 2 N–H and O–H groups in total. The molecule has 0 saturated carbocycles. The number of rotatable bonds is 4. The molecule has 0 radical (unpaired) electrons. The molecular formula is C16H17ClFNO. The van der Waals surface area contributed by atoms with Crippen LogP contribution >= 0.6 is 11.6 Å². The van der Waals surface area contributed by atoms with E-state index in [2.05, 4.69) is 0 Å². The van der Waals surface area contributed by atoms with Gasteiger partial charge in [0, 0.05) is 17.2 Å². The Hall–Kier alpha value is -1.58. The van der Waals surface area contributed by atoms with Gasteiger partial charge in [0.2, 0.25) is 0 Å². The molecule has 2 aromatic carbocycles. The zero-order chi connectivity index (χ0) is 14.7. The summed E-state index contributed by atoms with van der Waals surface area (Å²) in [6, 6.07) is 10.5. The lowest BCUT2D eigenvalue weighted by Gasteiger charge is -2.15. The second-order valence-corrected chi connectivity index (χ2v) is 5.24. The van der Waals surface area contributed by atoms with Crippen LogP contribution in [0.3, 0.4) is 0 Å². The van der Waals surface area contributed by atoms with Gasteiger partial charge in [0.1, 0.15) is 18.2 Å². The number of ether oxygens (including phenoxy) is 1. The maximum atomic E-state index is 13.8. The van der Waals surface area contributed by atoms with E-state index in [9.17, 15) is 4.39 Å². The van der Waals surface area contributed by atoms with E-state index >= 15 is 0 Å². The predicted octanol–water partition coefficient (Wildman–Crippen LogP) is 4.39. The molecule has 0 aliphatic heterocycles. The highest BCUT2D eigenvalue weighted by molar-refractivity contribution is 6.30. The summed E-state index contributed by atoms with van der Waals surface area (Å²) in [5, 5.41) is 0.0995. The highest BCUT2D eigenvalue weighted by Gasteiger charge is 2.11. The van der Waals surface area contributed by atoms with Gasteiger partial charge in [0.05, 0.1) is 5.02 Å². The van der Waals surface area contributed by atoms with Crippen molar-refractivity contribution in [2.45, 2.75) is 26.5 Å². The van der Waals surface area contributed by atoms with Crippen LogP contribution in [0.1, 0.15) is 29.7 Å². The van der Waals surface area contributed by atoms with Crippen LogP contribution < -0.4 is 10.5 Å². The van der Waals surface area contributed by atoms with Gasteiger partial charge in [0.25, 0.3) is 0 Å². The van der Waals surface area contributed by atoms with Crippen molar-refractivity contribution in [3.63, 3.8) is 0 Å². The van der Waals surface area contributed by atoms with E-state index in [4.69, 9.17) is 22.1 Å². The Balaban J connectivity index is 2.21. The van der Waals surface area contributed by atoms with Crippen molar-refractivity contribution in [1.29, 1.82) is 0 Å². The first-order valence-corrected chi connectivity index (χ1v) is 6.78. The topological polar surface area (TPSA) is 35.2 Å². The van der Waals surface area contributed by atoms with E-state index in [0.29, 0.717) is 11.3 Å². The summed E-state index contributed by atoms with van der Waals surface area (Å²) in [4.78, 5) is 0. The standard InChI is InChI=1S/C16H17ClFNO/c1-10-6-7-15(13(8-10)11(2)19)20-9-12-4-3-5-14(17)16(12)18/h3-8,11H,9,19H2,1-2H3/t11-/m1/s1. The second-order valence-electron chi connectivity index (χ2n) is 4.83. The summed E-state index contributed by atoms with van der Waals surface area (Å²) in [6.45, 7) is 4.00. The van der Waals surface area contributed by atoms with Crippen LogP contribution in [0, 0.1) is 12.7 Å². The van der Waals surface area contributed by atoms with Gasteiger partial charge in [-0.3, -0.25) is 0 Å². The third-order valence-corrected chi connectivity index (χ3v) is 3.36. The maximum absolute atomic E-state index is 13.8. The van der Waals surface area contributed by atoms with Gasteiger partial charge in [-0.15, -0.1) is 0 Å². The first-order valence-electron chi connectivity index (χ1n) is 6.41. The van der Waals surface area contributed by atoms with Gasteiger partial charge in [-0.05, 0) is 26.0 Å². The first-order chi connectivity index (χ1) is 9.49. The zero-order valence-electron chi connectivity index (χ0n) is 11.5. The molecule has 0 fully saturated rings. The molecule has 0 unspecified atom stereocenters. The molecule has 20 heavy (non-hydrogen) atoms. The summed E-state index contributed by atoms with van der Waals surface area (Å²) in [6.07, 6.45) is 0. The Labute approximate surface area is 123 Å². The van der Waals surface area contributed by atoms with Crippen LogP contribution in [0.5, 0.6) is 5.75 Å². The molecule has 2 aromatic rings. The molecule has 2 rings (SSSR count). The largest absolute Gasteiger partial charge is 0.488 e. The molecule has 0 amide bonds. The molecule has 0 aliphatic rings. The molecule has 0 aromatic heterocycles. The molecule has 0 aliphatic carbocycles. The van der Waals surface area contributed by atoms with Crippen molar-refractivity contribution in [2.24, 2.45) is 5.73 Å². The van der Waals surface area contributed by atoms with Crippen molar-refractivity contribution in [3.05, 3.63) is 63.9 Å². The van der Waals surface area contributed by atoms with Crippen LogP contribution in [0.4, 0.5) is 4.39 Å². The van der Waals surface area contributed by atoms with Gasteiger partial charge in [-0.25, -0.2) is 4.39 Å². The average Bonchev–Trinajstić information content (AvgIpc) is 2.41. The minimum absolute atomic E-state index is 0.0995. The highest BCUT2D eigenvalue weighted by Crippen LogP contribution is 2.27. The third-order valence-electron chi connectivity index (χ3n) is 3.07. The summed E-state index contributed by atoms with van der Waals surface area (Å²) < 4.78 is 19.5. The molecule has 0 bridgehead atoms. The van der Waals surface area contributed by atoms with Crippen LogP contribution in [-0.2, 0) is 6.61 Å². The van der Waals surface area contributed by atoms with Crippen LogP contribution in [0.25, 0.3) is 0 Å². The van der Waals surface area contributed by atoms with Gasteiger partial charge in [0.15, 0.2) is 0 Å². The van der Waals surface area contributed by atoms with Crippen molar-refractivity contribution >= 4 is 11.6 Å². The number of aryl methyl sites for hydroxylation is 1. The van der Waals surface area contributed by atoms with Gasteiger partial charge >= 0.3 is 0 Å². The Bertz CT molecular complexity index is 613. The van der Waals surface area contributed by atoms with E-state index < -0.39 is 5.82 Å². The van der Waals surface area contributed by atoms with Crippen molar-refractivity contribution in [3.8, 4) is 5.75 Å². The Morgan fingerprint density at radius 1 is 1.30 bits per heavy atom. The smallest absolute Gasteiger partial charge is 0.148 e. The fraction of sp³-hybridized carbons (Fsp3) is 0.250. The average molecular weight is 294 g/mol. The SMILES string of the molecule is Cc1ccc(OCc2cccc(Cl)c2F)c([C@@H](C)N)c1. The molecule has 0 saturated heterocycles. The number of benzene rings is 2. The Morgan fingerprint density at radius 2 is 2.05 bits per heavy atom. The van der Waals surface area contributed by atoms with Crippen LogP contribution in [0.15, 0.2) is 36.4 Å². The number of nitrogens with two attached hydrogens (primary N) is 1. The summed E-state index contributed by atoms with van der Waals surface area (Å²) in [5.74, 6) is 0.230. The second kappa shape index (κ2) is 6.25. The summed E-state index contributed by atoms with van der Waals surface area (Å²) in [5.41, 5.74) is 8.38. The Kier molecular flexibility index (Phi) is 4.63. The maximum Gasteiger partial charge on any atom is 0.148 e. The molecular weight excluding hydrogens is 277 g/mol. The lowest BCUT2D eigenvalue weighted by atomic mass is 10.1. The monoisotopic (exact) mass is 293 g/mol. The van der Waals surface area contributed by atoms with Crippen molar-refractivity contribution < 1.29 is 9.13 Å². The highest BCUT2D eigenvalue weighted by atomic mass is 35.5. The van der Waals surface area contributed by atoms with Gasteiger partial charge in [-0.2, -0.15) is 0 Å². The third kappa shape index (κ3) is 3.30. The molecule has 0 heterocycles. The van der Waals surface area contributed by atoms with Crippen LogP contribution in [0.2, 0.25) is 5.02 Å².